The normalized spacial score (nSPS) is 10.7. The Bertz CT molecular complexity index is 528. The van der Waals surface area contributed by atoms with Gasteiger partial charge in [-0.1, -0.05) is 13.8 Å². The molecule has 0 saturated carbocycles. The average Bonchev–Trinajstić information content (AvgIpc) is 2.40. The largest absolute Gasteiger partial charge is 0.437 e. The van der Waals surface area contributed by atoms with Crippen LogP contribution in [0.3, 0.4) is 0 Å². The number of nitrogens with one attached hydrogen (secondary N) is 1. The van der Waals surface area contributed by atoms with E-state index in [1.165, 1.54) is 18.3 Å². The topological polar surface area (TPSA) is 47.0 Å². The van der Waals surface area contributed by atoms with E-state index in [2.05, 4.69) is 29.1 Å². The van der Waals surface area contributed by atoms with Gasteiger partial charge in [-0.3, -0.25) is 4.98 Å². The Morgan fingerprint density at radius 1 is 1.21 bits per heavy atom. The summed E-state index contributed by atoms with van der Waals surface area (Å²) in [6.07, 6.45) is 3.22. The molecule has 0 bridgehead atoms. The predicted molar refractivity (Wildman–Crippen MR) is 70.5 cm³/mol. The molecule has 1 aromatic carbocycles. The van der Waals surface area contributed by atoms with E-state index in [9.17, 15) is 4.39 Å². The lowest BCUT2D eigenvalue weighted by Crippen LogP contribution is -2.22. The highest BCUT2D eigenvalue weighted by atomic mass is 19.1. The molecule has 0 aliphatic heterocycles. The number of halogens is 1. The summed E-state index contributed by atoms with van der Waals surface area (Å²) < 4.78 is 18.3. The van der Waals surface area contributed by atoms with Gasteiger partial charge in [0.15, 0.2) is 0 Å². The monoisotopic (exact) mass is 261 g/mol. The SMILES string of the molecule is CC(C)NCc1cncc(Oc2ccc(F)cc2)n1. The lowest BCUT2D eigenvalue weighted by Gasteiger charge is -2.08. The van der Waals surface area contributed by atoms with Crippen LogP contribution in [0, 0.1) is 5.82 Å². The molecule has 0 unspecified atom stereocenters. The number of rotatable bonds is 5. The van der Waals surface area contributed by atoms with E-state index < -0.39 is 0 Å². The fourth-order valence-corrected chi connectivity index (χ4v) is 1.45. The van der Waals surface area contributed by atoms with Crippen molar-refractivity contribution >= 4 is 0 Å². The highest BCUT2D eigenvalue weighted by Gasteiger charge is 2.03. The van der Waals surface area contributed by atoms with Gasteiger partial charge in [0.1, 0.15) is 11.6 Å². The van der Waals surface area contributed by atoms with Crippen LogP contribution in [-0.4, -0.2) is 16.0 Å². The molecule has 0 saturated heterocycles. The first-order valence-corrected chi connectivity index (χ1v) is 6.11. The molecule has 1 N–H and O–H groups in total. The van der Waals surface area contributed by atoms with Gasteiger partial charge < -0.3 is 10.1 Å². The molecule has 2 aromatic rings. The molecule has 1 heterocycles. The highest BCUT2D eigenvalue weighted by molar-refractivity contribution is 5.26. The smallest absolute Gasteiger partial charge is 0.238 e. The minimum absolute atomic E-state index is 0.298. The van der Waals surface area contributed by atoms with Gasteiger partial charge in [0.25, 0.3) is 0 Å². The Hall–Kier alpha value is -2.01. The molecule has 4 nitrogen and oxygen atoms in total. The summed E-state index contributed by atoms with van der Waals surface area (Å²) in [6.45, 7) is 4.75. The third kappa shape index (κ3) is 4.30. The third-order valence-electron chi connectivity index (χ3n) is 2.39. The Kier molecular flexibility index (Phi) is 4.41. The van der Waals surface area contributed by atoms with Crippen LogP contribution in [0.25, 0.3) is 0 Å². The molecule has 2 rings (SSSR count). The summed E-state index contributed by atoms with van der Waals surface area (Å²) >= 11 is 0. The van der Waals surface area contributed by atoms with Crippen molar-refractivity contribution in [1.82, 2.24) is 15.3 Å². The van der Waals surface area contributed by atoms with E-state index >= 15 is 0 Å². The van der Waals surface area contributed by atoms with E-state index in [0.717, 1.165) is 5.69 Å². The summed E-state index contributed by atoms with van der Waals surface area (Å²) in [4.78, 5) is 8.40. The van der Waals surface area contributed by atoms with E-state index in [-0.39, 0.29) is 5.82 Å². The maximum atomic E-state index is 12.8. The summed E-state index contributed by atoms with van der Waals surface area (Å²) in [5.41, 5.74) is 0.799. The summed E-state index contributed by atoms with van der Waals surface area (Å²) in [6, 6.07) is 6.16. The van der Waals surface area contributed by atoms with Crippen molar-refractivity contribution in [3.8, 4) is 11.6 Å². The van der Waals surface area contributed by atoms with Crippen molar-refractivity contribution in [1.29, 1.82) is 0 Å². The molecule has 0 aliphatic rings. The molecule has 100 valence electrons. The molecule has 0 spiro atoms. The number of hydrogen-bond donors (Lipinski definition) is 1. The van der Waals surface area contributed by atoms with Gasteiger partial charge >= 0.3 is 0 Å². The van der Waals surface area contributed by atoms with Crippen LogP contribution < -0.4 is 10.1 Å². The van der Waals surface area contributed by atoms with E-state index in [1.807, 2.05) is 0 Å². The van der Waals surface area contributed by atoms with Crippen LogP contribution in [0.1, 0.15) is 19.5 Å². The van der Waals surface area contributed by atoms with Crippen LogP contribution in [0.4, 0.5) is 4.39 Å². The molecular weight excluding hydrogens is 245 g/mol. The fraction of sp³-hybridized carbons (Fsp3) is 0.286. The first kappa shape index (κ1) is 13.4. The molecule has 0 amide bonds. The zero-order chi connectivity index (χ0) is 13.7. The van der Waals surface area contributed by atoms with E-state index in [0.29, 0.717) is 24.2 Å². The van der Waals surface area contributed by atoms with Crippen molar-refractivity contribution < 1.29 is 9.13 Å². The number of hydrogen-bond acceptors (Lipinski definition) is 4. The van der Waals surface area contributed by atoms with Gasteiger partial charge in [0, 0.05) is 18.8 Å². The van der Waals surface area contributed by atoms with Crippen molar-refractivity contribution in [2.24, 2.45) is 0 Å². The van der Waals surface area contributed by atoms with E-state index in [4.69, 9.17) is 4.74 Å². The molecule has 0 fully saturated rings. The number of nitrogens with zero attached hydrogens (tertiary/aromatic N) is 2. The van der Waals surface area contributed by atoms with Gasteiger partial charge in [0.05, 0.1) is 11.9 Å². The Morgan fingerprint density at radius 2 is 1.95 bits per heavy atom. The second kappa shape index (κ2) is 6.24. The minimum atomic E-state index is -0.298. The van der Waals surface area contributed by atoms with Crippen molar-refractivity contribution in [3.63, 3.8) is 0 Å². The van der Waals surface area contributed by atoms with Crippen molar-refractivity contribution in [2.45, 2.75) is 26.4 Å². The summed E-state index contributed by atoms with van der Waals surface area (Å²) in [5, 5.41) is 3.25. The standard InChI is InChI=1S/C14H16FN3O/c1-10(2)17-8-12-7-16-9-14(18-12)19-13-5-3-11(15)4-6-13/h3-7,9-10,17H,8H2,1-2H3. The molecule has 1 aromatic heterocycles. The Morgan fingerprint density at radius 3 is 2.63 bits per heavy atom. The molecule has 0 atom stereocenters. The number of aromatic nitrogens is 2. The lowest BCUT2D eigenvalue weighted by molar-refractivity contribution is 0.453. The Balaban J connectivity index is 2.04. The van der Waals surface area contributed by atoms with Crippen LogP contribution in [0.5, 0.6) is 11.6 Å². The molecular formula is C14H16FN3O. The zero-order valence-corrected chi connectivity index (χ0v) is 10.9. The van der Waals surface area contributed by atoms with Crippen molar-refractivity contribution in [2.75, 3.05) is 0 Å². The zero-order valence-electron chi connectivity index (χ0n) is 10.9. The Labute approximate surface area is 111 Å². The van der Waals surface area contributed by atoms with E-state index in [1.54, 1.807) is 18.3 Å². The second-order valence-corrected chi connectivity index (χ2v) is 4.44. The van der Waals surface area contributed by atoms with Gasteiger partial charge in [0.2, 0.25) is 5.88 Å². The summed E-state index contributed by atoms with van der Waals surface area (Å²) in [7, 11) is 0. The maximum absolute atomic E-state index is 12.8. The highest BCUT2D eigenvalue weighted by Crippen LogP contribution is 2.18. The van der Waals surface area contributed by atoms with Gasteiger partial charge in [-0.05, 0) is 24.3 Å². The lowest BCUT2D eigenvalue weighted by atomic mass is 10.3. The van der Waals surface area contributed by atoms with Crippen LogP contribution >= 0.6 is 0 Å². The number of ether oxygens (including phenoxy) is 1. The average molecular weight is 261 g/mol. The van der Waals surface area contributed by atoms with Crippen LogP contribution in [-0.2, 0) is 6.54 Å². The fourth-order valence-electron chi connectivity index (χ4n) is 1.45. The first-order chi connectivity index (χ1) is 9.13. The quantitative estimate of drug-likeness (QED) is 0.899. The van der Waals surface area contributed by atoms with Crippen LogP contribution in [0.2, 0.25) is 0 Å². The van der Waals surface area contributed by atoms with Gasteiger partial charge in [-0.25, -0.2) is 9.37 Å². The molecule has 19 heavy (non-hydrogen) atoms. The second-order valence-electron chi connectivity index (χ2n) is 4.44. The van der Waals surface area contributed by atoms with Gasteiger partial charge in [-0.15, -0.1) is 0 Å². The molecule has 5 heteroatoms. The third-order valence-corrected chi connectivity index (χ3v) is 2.39. The minimum Gasteiger partial charge on any atom is -0.437 e. The first-order valence-electron chi connectivity index (χ1n) is 6.11. The van der Waals surface area contributed by atoms with Crippen LogP contribution in [0.15, 0.2) is 36.7 Å². The predicted octanol–water partition coefficient (Wildman–Crippen LogP) is 2.91. The van der Waals surface area contributed by atoms with Gasteiger partial charge in [-0.2, -0.15) is 0 Å². The molecule has 0 radical (unpaired) electrons. The summed E-state index contributed by atoms with van der Waals surface area (Å²) in [5.74, 6) is 0.632. The number of benzene rings is 1. The maximum Gasteiger partial charge on any atom is 0.238 e. The van der Waals surface area contributed by atoms with Crippen molar-refractivity contribution in [3.05, 3.63) is 48.2 Å². The molecule has 0 aliphatic carbocycles.